The molecule has 3 rings (SSSR count). The van der Waals surface area contributed by atoms with E-state index in [1.165, 1.54) is 12.8 Å². The zero-order valence-electron chi connectivity index (χ0n) is 15.2. The number of carbonyl (C=O) groups excluding carboxylic acids is 1. The first-order valence-corrected chi connectivity index (χ1v) is 9.20. The minimum Gasteiger partial charge on any atom is -0.292 e. The van der Waals surface area contributed by atoms with Crippen molar-refractivity contribution in [3.63, 3.8) is 0 Å². The summed E-state index contributed by atoms with van der Waals surface area (Å²) in [5, 5.41) is 13.8. The number of nitriles is 1. The van der Waals surface area contributed by atoms with Crippen molar-refractivity contribution >= 4 is 5.78 Å². The fourth-order valence-electron chi connectivity index (χ4n) is 3.27. The number of rotatable bonds is 7. The molecule has 0 radical (unpaired) electrons. The average Bonchev–Trinajstić information content (AvgIpc) is 3.37. The smallest absolute Gasteiger partial charge is 0.181 e. The highest BCUT2D eigenvalue weighted by atomic mass is 16.1. The topological polar surface area (TPSA) is 58.7 Å². The van der Waals surface area contributed by atoms with E-state index in [0.717, 1.165) is 41.3 Å². The van der Waals surface area contributed by atoms with E-state index in [2.05, 4.69) is 26.8 Å². The number of hydrogen-bond acceptors (Lipinski definition) is 3. The van der Waals surface area contributed by atoms with Gasteiger partial charge < -0.3 is 0 Å². The van der Waals surface area contributed by atoms with Gasteiger partial charge in [0.2, 0.25) is 0 Å². The number of benzene rings is 1. The molecule has 1 aliphatic rings. The number of carbonyl (C=O) groups is 1. The molecular weight excluding hydrogens is 310 g/mol. The number of Topliss-reactive ketones (excluding diaryl/α,β-unsaturated/α-hetero) is 1. The third-order valence-electron chi connectivity index (χ3n) is 4.88. The first-order chi connectivity index (χ1) is 12.0. The van der Waals surface area contributed by atoms with Gasteiger partial charge in [-0.25, -0.2) is 0 Å². The van der Waals surface area contributed by atoms with E-state index in [-0.39, 0.29) is 11.8 Å². The van der Waals surface area contributed by atoms with Gasteiger partial charge in [0.1, 0.15) is 5.69 Å². The average molecular weight is 335 g/mol. The van der Waals surface area contributed by atoms with Gasteiger partial charge in [0.15, 0.2) is 5.78 Å². The quantitative estimate of drug-likeness (QED) is 0.673. The first kappa shape index (κ1) is 17.4. The van der Waals surface area contributed by atoms with Gasteiger partial charge >= 0.3 is 0 Å². The van der Waals surface area contributed by atoms with Crippen LogP contribution in [0, 0.1) is 17.2 Å². The van der Waals surface area contributed by atoms with Crippen LogP contribution >= 0.6 is 0 Å². The van der Waals surface area contributed by atoms with E-state index in [0.29, 0.717) is 12.0 Å². The summed E-state index contributed by atoms with van der Waals surface area (Å²) in [6.45, 7) is 6.20. The van der Waals surface area contributed by atoms with Crippen LogP contribution in [0.15, 0.2) is 24.3 Å². The summed E-state index contributed by atoms with van der Waals surface area (Å²) in [5.41, 5.74) is 4.27. The molecular formula is C21H25N3O. The Morgan fingerprint density at radius 2 is 2.00 bits per heavy atom. The van der Waals surface area contributed by atoms with Gasteiger partial charge in [-0.05, 0) is 44.7 Å². The molecule has 1 aromatic heterocycles. The number of ketones is 1. The molecule has 0 spiro atoms. The molecule has 1 aliphatic carbocycles. The van der Waals surface area contributed by atoms with Crippen molar-refractivity contribution in [2.45, 2.75) is 58.9 Å². The summed E-state index contributed by atoms with van der Waals surface area (Å²) < 4.78 is 1.89. The van der Waals surface area contributed by atoms with Crippen LogP contribution in [0.2, 0.25) is 0 Å². The standard InChI is InChI=1S/C21H25N3O/c1-4-18-20(17-10-7-16(13-22)8-11-17)23-24(14(2)3)21(18)19(25)12-9-15-5-6-15/h7-8,10-11,14-15H,4-6,9,12H2,1-3H3. The van der Waals surface area contributed by atoms with Crippen molar-refractivity contribution in [2.75, 3.05) is 0 Å². The Kier molecular flexibility index (Phi) is 5.03. The highest BCUT2D eigenvalue weighted by Crippen LogP contribution is 2.35. The Balaban J connectivity index is 2.01. The number of nitrogens with zero attached hydrogens (tertiary/aromatic N) is 3. The number of hydrogen-bond donors (Lipinski definition) is 0. The lowest BCUT2D eigenvalue weighted by atomic mass is 9.99. The second kappa shape index (κ2) is 7.23. The van der Waals surface area contributed by atoms with E-state index in [1.807, 2.05) is 16.8 Å². The molecule has 1 fully saturated rings. The Bertz CT molecular complexity index is 805. The first-order valence-electron chi connectivity index (χ1n) is 9.20. The van der Waals surface area contributed by atoms with Gasteiger partial charge in [-0.1, -0.05) is 31.9 Å². The van der Waals surface area contributed by atoms with E-state index in [9.17, 15) is 4.79 Å². The van der Waals surface area contributed by atoms with Crippen LogP contribution in [0.25, 0.3) is 11.3 Å². The van der Waals surface area contributed by atoms with Crippen molar-refractivity contribution in [1.82, 2.24) is 9.78 Å². The van der Waals surface area contributed by atoms with Crippen LogP contribution < -0.4 is 0 Å². The zero-order valence-corrected chi connectivity index (χ0v) is 15.2. The van der Waals surface area contributed by atoms with Crippen LogP contribution in [0.5, 0.6) is 0 Å². The largest absolute Gasteiger partial charge is 0.292 e. The van der Waals surface area contributed by atoms with Crippen molar-refractivity contribution in [2.24, 2.45) is 5.92 Å². The molecule has 4 heteroatoms. The summed E-state index contributed by atoms with van der Waals surface area (Å²) in [5.74, 6) is 0.965. The van der Waals surface area contributed by atoms with E-state index in [4.69, 9.17) is 10.4 Å². The van der Waals surface area contributed by atoms with E-state index in [1.54, 1.807) is 12.1 Å². The van der Waals surface area contributed by atoms with Gasteiger partial charge in [-0.2, -0.15) is 10.4 Å². The van der Waals surface area contributed by atoms with Gasteiger partial charge in [0, 0.05) is 23.6 Å². The maximum absolute atomic E-state index is 12.9. The molecule has 2 aromatic rings. The highest BCUT2D eigenvalue weighted by molar-refractivity contribution is 5.97. The monoisotopic (exact) mass is 335 g/mol. The molecule has 25 heavy (non-hydrogen) atoms. The van der Waals surface area contributed by atoms with E-state index < -0.39 is 0 Å². The molecule has 1 aromatic carbocycles. The third kappa shape index (κ3) is 3.66. The van der Waals surface area contributed by atoms with Crippen LogP contribution in [0.3, 0.4) is 0 Å². The van der Waals surface area contributed by atoms with Gasteiger partial charge in [0.25, 0.3) is 0 Å². The summed E-state index contributed by atoms with van der Waals surface area (Å²) in [6.07, 6.45) is 4.93. The second-order valence-corrected chi connectivity index (χ2v) is 7.16. The lowest BCUT2D eigenvalue weighted by Gasteiger charge is -2.11. The predicted octanol–water partition coefficient (Wildman–Crippen LogP) is 4.94. The van der Waals surface area contributed by atoms with Gasteiger partial charge in [-0.15, -0.1) is 0 Å². The third-order valence-corrected chi connectivity index (χ3v) is 4.88. The molecule has 0 aliphatic heterocycles. The molecule has 0 saturated heterocycles. The van der Waals surface area contributed by atoms with Crippen molar-refractivity contribution in [1.29, 1.82) is 5.26 Å². The van der Waals surface area contributed by atoms with Crippen LogP contribution in [0.4, 0.5) is 0 Å². The molecule has 4 nitrogen and oxygen atoms in total. The minimum absolute atomic E-state index is 0.136. The summed E-state index contributed by atoms with van der Waals surface area (Å²) >= 11 is 0. The lowest BCUT2D eigenvalue weighted by Crippen LogP contribution is -2.14. The molecule has 0 bridgehead atoms. The minimum atomic E-state index is 0.136. The lowest BCUT2D eigenvalue weighted by molar-refractivity contribution is 0.0965. The van der Waals surface area contributed by atoms with Gasteiger partial charge in [0.05, 0.1) is 17.3 Å². The molecule has 0 unspecified atom stereocenters. The van der Waals surface area contributed by atoms with E-state index >= 15 is 0 Å². The molecule has 1 heterocycles. The Labute approximate surface area is 149 Å². The Hall–Kier alpha value is -2.41. The zero-order chi connectivity index (χ0) is 18.0. The van der Waals surface area contributed by atoms with Gasteiger partial charge in [-0.3, -0.25) is 9.48 Å². The number of aromatic nitrogens is 2. The van der Waals surface area contributed by atoms with Crippen molar-refractivity contribution in [3.05, 3.63) is 41.1 Å². The summed E-state index contributed by atoms with van der Waals surface area (Å²) in [6, 6.07) is 9.72. The summed E-state index contributed by atoms with van der Waals surface area (Å²) in [7, 11) is 0. The molecule has 0 atom stereocenters. The van der Waals surface area contributed by atoms with Crippen molar-refractivity contribution < 1.29 is 4.79 Å². The molecule has 1 saturated carbocycles. The SMILES string of the molecule is CCc1c(-c2ccc(C#N)cc2)nn(C(C)C)c1C(=O)CCC1CC1. The second-order valence-electron chi connectivity index (χ2n) is 7.16. The maximum Gasteiger partial charge on any atom is 0.181 e. The maximum atomic E-state index is 12.9. The van der Waals surface area contributed by atoms with Crippen LogP contribution in [-0.4, -0.2) is 15.6 Å². The molecule has 130 valence electrons. The fourth-order valence-corrected chi connectivity index (χ4v) is 3.27. The normalized spacial score (nSPS) is 13.9. The fraction of sp³-hybridized carbons (Fsp3) is 0.476. The molecule has 0 N–H and O–H groups in total. The molecule has 0 amide bonds. The Morgan fingerprint density at radius 3 is 2.52 bits per heavy atom. The Morgan fingerprint density at radius 1 is 1.32 bits per heavy atom. The summed E-state index contributed by atoms with van der Waals surface area (Å²) in [4.78, 5) is 12.9. The highest BCUT2D eigenvalue weighted by Gasteiger charge is 2.27. The predicted molar refractivity (Wildman–Crippen MR) is 98.4 cm³/mol. The van der Waals surface area contributed by atoms with Crippen LogP contribution in [0.1, 0.15) is 74.1 Å². The van der Waals surface area contributed by atoms with Crippen LogP contribution in [-0.2, 0) is 6.42 Å². The van der Waals surface area contributed by atoms with Crippen molar-refractivity contribution in [3.8, 4) is 17.3 Å².